The van der Waals surface area contributed by atoms with Crippen molar-refractivity contribution in [3.63, 3.8) is 0 Å². The molecule has 7 nitrogen and oxygen atoms in total. The van der Waals surface area contributed by atoms with Gasteiger partial charge in [-0.25, -0.2) is 4.79 Å². The van der Waals surface area contributed by atoms with Crippen LogP contribution < -0.4 is 10.6 Å². The molecule has 4 aromatic carbocycles. The average molecular weight is 674 g/mol. The van der Waals surface area contributed by atoms with Crippen molar-refractivity contribution in [2.24, 2.45) is 0 Å². The maximum Gasteiger partial charge on any atom is 0.336 e. The van der Waals surface area contributed by atoms with Gasteiger partial charge in [0.05, 0.1) is 48.5 Å². The first-order valence-corrected chi connectivity index (χ1v) is 16.8. The van der Waals surface area contributed by atoms with Crippen LogP contribution in [-0.2, 0) is 25.5 Å². The van der Waals surface area contributed by atoms with Crippen LogP contribution in [0.3, 0.4) is 0 Å². The molecule has 0 radical (unpaired) electrons. The van der Waals surface area contributed by atoms with E-state index in [1.54, 1.807) is 25.1 Å². The van der Waals surface area contributed by atoms with Crippen LogP contribution in [0.1, 0.15) is 53.9 Å². The second kappa shape index (κ2) is 17.8. The summed E-state index contributed by atoms with van der Waals surface area (Å²) in [5.74, 6) is -1.65. The summed E-state index contributed by atoms with van der Waals surface area (Å²) in [5.41, 5.74) is 5.87. The van der Waals surface area contributed by atoms with E-state index >= 15 is 0 Å². The summed E-state index contributed by atoms with van der Waals surface area (Å²) in [6.45, 7) is 2.66. The van der Waals surface area contributed by atoms with Crippen LogP contribution in [0.5, 0.6) is 0 Å². The fourth-order valence-electron chi connectivity index (χ4n) is 6.17. The number of benzene rings is 4. The number of halogens is 1. The first-order chi connectivity index (χ1) is 24.0. The third kappa shape index (κ3) is 9.48. The Balaban J connectivity index is 1.45. The summed E-state index contributed by atoms with van der Waals surface area (Å²) in [4.78, 5) is 28.0. The number of nitrogens with zero attached hydrogens (tertiary/aromatic N) is 1. The van der Waals surface area contributed by atoms with Crippen LogP contribution in [0.25, 0.3) is 0 Å². The number of nitrogens with one attached hydrogen (secondary N) is 2. The van der Waals surface area contributed by atoms with Gasteiger partial charge in [-0.2, -0.15) is 5.26 Å². The lowest BCUT2D eigenvalue weighted by molar-refractivity contribution is -0.139. The zero-order chi connectivity index (χ0) is 34.4. The molecule has 1 unspecified atom stereocenters. The van der Waals surface area contributed by atoms with E-state index in [4.69, 9.17) is 26.3 Å². The van der Waals surface area contributed by atoms with Gasteiger partial charge in [-0.3, -0.25) is 4.79 Å². The van der Waals surface area contributed by atoms with E-state index in [0.29, 0.717) is 53.5 Å². The van der Waals surface area contributed by atoms with E-state index in [9.17, 15) is 9.59 Å². The number of esters is 1. The predicted octanol–water partition coefficient (Wildman–Crippen LogP) is 7.61. The second-order valence-corrected chi connectivity index (χ2v) is 12.2. The highest BCUT2D eigenvalue weighted by atomic mass is 35.5. The number of dihydropyridines is 1. The van der Waals surface area contributed by atoms with E-state index in [2.05, 4.69) is 34.9 Å². The molecule has 0 saturated heterocycles. The summed E-state index contributed by atoms with van der Waals surface area (Å²) in [6.07, 6.45) is 1.42. The van der Waals surface area contributed by atoms with Crippen molar-refractivity contribution in [2.45, 2.75) is 38.0 Å². The molecule has 0 spiro atoms. The van der Waals surface area contributed by atoms with Gasteiger partial charge in [-0.15, -0.1) is 0 Å². The molecule has 2 N–H and O–H groups in total. The molecule has 1 aliphatic rings. The normalized spacial score (nSPS) is 14.3. The molecule has 0 bridgehead atoms. The van der Waals surface area contributed by atoms with Crippen molar-refractivity contribution in [3.05, 3.63) is 165 Å². The summed E-state index contributed by atoms with van der Waals surface area (Å²) in [6, 6.07) is 39.7. The minimum absolute atomic E-state index is 0.0566. The van der Waals surface area contributed by atoms with Gasteiger partial charge < -0.3 is 20.1 Å². The zero-order valence-electron chi connectivity index (χ0n) is 27.5. The SMILES string of the molecule is CC1=C(C(=O)OCCC#N)C(c2cccc(Cl)c2)C(C(=O)NCCC(c2ccccc2)c2ccccc2)=C(COCCc2ccccc2)N1. The van der Waals surface area contributed by atoms with Crippen molar-refractivity contribution in [3.8, 4) is 6.07 Å². The molecule has 0 aliphatic carbocycles. The lowest BCUT2D eigenvalue weighted by Crippen LogP contribution is -2.39. The summed E-state index contributed by atoms with van der Waals surface area (Å²) < 4.78 is 11.7. The summed E-state index contributed by atoms with van der Waals surface area (Å²) >= 11 is 6.46. The second-order valence-electron chi connectivity index (χ2n) is 11.8. The lowest BCUT2D eigenvalue weighted by Gasteiger charge is -2.32. The number of carbonyl (C=O) groups excluding carboxylic acids is 2. The van der Waals surface area contributed by atoms with E-state index in [-0.39, 0.29) is 37.0 Å². The van der Waals surface area contributed by atoms with E-state index < -0.39 is 11.9 Å². The van der Waals surface area contributed by atoms with Crippen molar-refractivity contribution in [1.82, 2.24) is 10.6 Å². The van der Waals surface area contributed by atoms with Crippen molar-refractivity contribution < 1.29 is 19.1 Å². The number of carbonyl (C=O) groups is 2. The van der Waals surface area contributed by atoms with E-state index in [0.717, 1.165) is 16.7 Å². The van der Waals surface area contributed by atoms with Gasteiger partial charge in [0.1, 0.15) is 6.61 Å². The molecule has 0 fully saturated rings. The van der Waals surface area contributed by atoms with Crippen LogP contribution in [0.15, 0.2) is 138 Å². The van der Waals surface area contributed by atoms with Gasteiger partial charge in [0.25, 0.3) is 0 Å². The maximum atomic E-state index is 14.4. The first-order valence-electron chi connectivity index (χ1n) is 16.5. The average Bonchev–Trinajstić information content (AvgIpc) is 3.12. The molecule has 250 valence electrons. The highest BCUT2D eigenvalue weighted by Gasteiger charge is 2.38. The molecule has 49 heavy (non-hydrogen) atoms. The zero-order valence-corrected chi connectivity index (χ0v) is 28.3. The molecule has 0 aromatic heterocycles. The quantitative estimate of drug-likeness (QED) is 0.0996. The Hall–Kier alpha value is -5.16. The highest BCUT2D eigenvalue weighted by Crippen LogP contribution is 2.40. The minimum atomic E-state index is -0.790. The fourth-order valence-corrected chi connectivity index (χ4v) is 6.36. The maximum absolute atomic E-state index is 14.4. The summed E-state index contributed by atoms with van der Waals surface area (Å²) in [5, 5.41) is 16.0. The largest absolute Gasteiger partial charge is 0.461 e. The molecule has 1 atom stereocenters. The smallest absolute Gasteiger partial charge is 0.336 e. The van der Waals surface area contributed by atoms with E-state index in [1.807, 2.05) is 78.9 Å². The number of nitriles is 1. The van der Waals surface area contributed by atoms with Gasteiger partial charge >= 0.3 is 5.97 Å². The molecule has 5 rings (SSSR count). The van der Waals surface area contributed by atoms with Gasteiger partial charge in [0, 0.05) is 23.2 Å². The molecule has 1 aliphatic heterocycles. The highest BCUT2D eigenvalue weighted by molar-refractivity contribution is 6.30. The standard InChI is InChI=1S/C41H40ClN3O4/c1-29-37(41(47)49-25-12-23-43)38(33-19-11-20-34(42)27-33)39(36(45-29)28-48-26-22-30-13-5-2-6-14-30)40(46)44-24-21-35(31-15-7-3-8-16-31)32-17-9-4-10-18-32/h2-11,13-20,27,35,38,45H,12,21-22,24-26,28H2,1H3,(H,44,46). The van der Waals surface area contributed by atoms with Crippen LogP contribution in [-0.4, -0.2) is 38.2 Å². The van der Waals surface area contributed by atoms with Crippen LogP contribution in [0.2, 0.25) is 5.02 Å². The van der Waals surface area contributed by atoms with Crippen molar-refractivity contribution in [2.75, 3.05) is 26.4 Å². The van der Waals surface area contributed by atoms with Crippen molar-refractivity contribution >= 4 is 23.5 Å². The number of ether oxygens (including phenoxy) is 2. The number of hydrogen-bond donors (Lipinski definition) is 2. The third-order valence-electron chi connectivity index (χ3n) is 8.49. The van der Waals surface area contributed by atoms with Gasteiger partial charge in [0.15, 0.2) is 0 Å². The van der Waals surface area contributed by atoms with Crippen molar-refractivity contribution in [1.29, 1.82) is 5.26 Å². The lowest BCUT2D eigenvalue weighted by atomic mass is 9.79. The first kappa shape index (κ1) is 35.2. The molecule has 1 amide bonds. The molecule has 8 heteroatoms. The fraction of sp³-hybridized carbons (Fsp3) is 0.244. The Morgan fingerprint density at radius 1 is 0.878 bits per heavy atom. The number of allylic oxidation sites excluding steroid dienone is 1. The van der Waals surface area contributed by atoms with E-state index in [1.165, 1.54) is 0 Å². The van der Waals surface area contributed by atoms with Crippen LogP contribution in [0, 0.1) is 11.3 Å². The molecule has 1 heterocycles. The monoisotopic (exact) mass is 673 g/mol. The number of amides is 1. The molecular weight excluding hydrogens is 634 g/mol. The Kier molecular flexibility index (Phi) is 12.8. The van der Waals surface area contributed by atoms with Crippen LogP contribution in [0.4, 0.5) is 0 Å². The van der Waals surface area contributed by atoms with Gasteiger partial charge in [-0.05, 0) is 54.2 Å². The van der Waals surface area contributed by atoms with Gasteiger partial charge in [-0.1, -0.05) is 115 Å². The number of hydrogen-bond acceptors (Lipinski definition) is 6. The molecule has 0 saturated carbocycles. The minimum Gasteiger partial charge on any atom is -0.461 e. The number of rotatable bonds is 15. The van der Waals surface area contributed by atoms with Gasteiger partial charge in [0.2, 0.25) is 5.91 Å². The topological polar surface area (TPSA) is 100 Å². The summed E-state index contributed by atoms with van der Waals surface area (Å²) in [7, 11) is 0. The van der Waals surface area contributed by atoms with Crippen LogP contribution >= 0.6 is 11.6 Å². The molecule has 4 aromatic rings. The Labute approximate surface area is 293 Å². The predicted molar refractivity (Wildman–Crippen MR) is 192 cm³/mol. The Bertz CT molecular complexity index is 1780. The molecular formula is C41H40ClN3O4. The Morgan fingerprint density at radius 3 is 2.16 bits per heavy atom. The Morgan fingerprint density at radius 2 is 1.53 bits per heavy atom. The third-order valence-corrected chi connectivity index (χ3v) is 8.72.